The van der Waals surface area contributed by atoms with Crippen molar-refractivity contribution in [3.8, 4) is 11.5 Å². The van der Waals surface area contributed by atoms with Crippen LogP contribution in [0.25, 0.3) is 11.5 Å². The summed E-state index contributed by atoms with van der Waals surface area (Å²) in [5.41, 5.74) is 2.31. The second-order valence-electron chi connectivity index (χ2n) is 4.71. The standard InChI is InChI=1S/C17H16N2O/c1-3-8-14(9-4-1)10-7-13-16-18-19-17(20-16)15-11-5-2-6-12-15/h1-6,8-9,11-12H,7,10,13H2. The first-order valence-electron chi connectivity index (χ1n) is 6.83. The van der Waals surface area contributed by atoms with Gasteiger partial charge in [-0.15, -0.1) is 10.2 Å². The smallest absolute Gasteiger partial charge is 0.247 e. The lowest BCUT2D eigenvalue weighted by molar-refractivity contribution is 0.497. The third kappa shape index (κ3) is 3.12. The molecule has 0 aliphatic rings. The summed E-state index contributed by atoms with van der Waals surface area (Å²) in [5, 5.41) is 8.20. The minimum absolute atomic E-state index is 0.598. The minimum atomic E-state index is 0.598. The number of nitrogens with zero attached hydrogens (tertiary/aromatic N) is 2. The van der Waals surface area contributed by atoms with Crippen LogP contribution < -0.4 is 0 Å². The Balaban J connectivity index is 1.58. The summed E-state index contributed by atoms with van der Waals surface area (Å²) in [6, 6.07) is 20.3. The summed E-state index contributed by atoms with van der Waals surface area (Å²) in [5.74, 6) is 1.31. The molecule has 3 rings (SSSR count). The van der Waals surface area contributed by atoms with E-state index in [4.69, 9.17) is 4.42 Å². The van der Waals surface area contributed by atoms with Crippen molar-refractivity contribution >= 4 is 0 Å². The molecule has 3 aromatic rings. The highest BCUT2D eigenvalue weighted by Crippen LogP contribution is 2.17. The minimum Gasteiger partial charge on any atom is -0.421 e. The fourth-order valence-electron chi connectivity index (χ4n) is 2.14. The maximum Gasteiger partial charge on any atom is 0.247 e. The molecule has 20 heavy (non-hydrogen) atoms. The van der Waals surface area contributed by atoms with E-state index in [1.54, 1.807) is 0 Å². The Labute approximate surface area is 118 Å². The molecule has 0 fully saturated rings. The summed E-state index contributed by atoms with van der Waals surface area (Å²) in [6.07, 6.45) is 2.86. The van der Waals surface area contributed by atoms with Crippen LogP contribution in [0.4, 0.5) is 0 Å². The van der Waals surface area contributed by atoms with Gasteiger partial charge >= 0.3 is 0 Å². The van der Waals surface area contributed by atoms with Crippen LogP contribution in [-0.4, -0.2) is 10.2 Å². The topological polar surface area (TPSA) is 38.9 Å². The molecule has 2 aromatic carbocycles. The Morgan fingerprint density at radius 2 is 1.45 bits per heavy atom. The van der Waals surface area contributed by atoms with Gasteiger partial charge in [0.1, 0.15) is 0 Å². The van der Waals surface area contributed by atoms with Crippen molar-refractivity contribution in [2.45, 2.75) is 19.3 Å². The Morgan fingerprint density at radius 1 is 0.750 bits per heavy atom. The van der Waals surface area contributed by atoms with Crippen LogP contribution in [-0.2, 0) is 12.8 Å². The van der Waals surface area contributed by atoms with Gasteiger partial charge < -0.3 is 4.42 Å². The number of aryl methyl sites for hydroxylation is 2. The molecule has 0 radical (unpaired) electrons. The largest absolute Gasteiger partial charge is 0.421 e. The molecule has 0 saturated heterocycles. The fraction of sp³-hybridized carbons (Fsp3) is 0.176. The van der Waals surface area contributed by atoms with Crippen molar-refractivity contribution in [1.29, 1.82) is 0 Å². The molecule has 0 aliphatic carbocycles. The van der Waals surface area contributed by atoms with E-state index in [9.17, 15) is 0 Å². The van der Waals surface area contributed by atoms with Crippen LogP contribution in [0.2, 0.25) is 0 Å². The van der Waals surface area contributed by atoms with E-state index in [1.165, 1.54) is 5.56 Å². The molecular formula is C17H16N2O. The van der Waals surface area contributed by atoms with Crippen molar-refractivity contribution in [1.82, 2.24) is 10.2 Å². The van der Waals surface area contributed by atoms with Crippen molar-refractivity contribution in [2.75, 3.05) is 0 Å². The molecule has 1 aromatic heterocycles. The molecule has 3 heteroatoms. The van der Waals surface area contributed by atoms with Gasteiger partial charge in [-0.2, -0.15) is 0 Å². The number of hydrogen-bond acceptors (Lipinski definition) is 3. The van der Waals surface area contributed by atoms with E-state index < -0.39 is 0 Å². The maximum absolute atomic E-state index is 5.69. The summed E-state index contributed by atoms with van der Waals surface area (Å²) >= 11 is 0. The molecular weight excluding hydrogens is 248 g/mol. The highest BCUT2D eigenvalue weighted by atomic mass is 16.4. The molecule has 100 valence electrons. The van der Waals surface area contributed by atoms with Crippen molar-refractivity contribution < 1.29 is 4.42 Å². The number of benzene rings is 2. The molecule has 0 aliphatic heterocycles. The molecule has 0 amide bonds. The van der Waals surface area contributed by atoms with Gasteiger partial charge in [0.25, 0.3) is 0 Å². The van der Waals surface area contributed by atoms with Gasteiger partial charge in [0.15, 0.2) is 0 Å². The Kier molecular flexibility index (Phi) is 3.88. The Hall–Kier alpha value is -2.42. The van der Waals surface area contributed by atoms with Crippen LogP contribution in [0, 0.1) is 0 Å². The summed E-state index contributed by atoms with van der Waals surface area (Å²) in [6.45, 7) is 0. The zero-order valence-electron chi connectivity index (χ0n) is 11.2. The van der Waals surface area contributed by atoms with Gasteiger partial charge in [-0.3, -0.25) is 0 Å². The van der Waals surface area contributed by atoms with Crippen molar-refractivity contribution in [2.24, 2.45) is 0 Å². The molecule has 0 bridgehead atoms. The lowest BCUT2D eigenvalue weighted by Crippen LogP contribution is -1.90. The monoisotopic (exact) mass is 264 g/mol. The molecule has 1 heterocycles. The van der Waals surface area contributed by atoms with Crippen molar-refractivity contribution in [3.63, 3.8) is 0 Å². The maximum atomic E-state index is 5.69. The first-order valence-corrected chi connectivity index (χ1v) is 6.83. The van der Waals surface area contributed by atoms with E-state index in [0.29, 0.717) is 11.8 Å². The predicted octanol–water partition coefficient (Wildman–Crippen LogP) is 3.91. The van der Waals surface area contributed by atoms with Crippen LogP contribution in [0.1, 0.15) is 17.9 Å². The summed E-state index contributed by atoms with van der Waals surface area (Å²) in [7, 11) is 0. The van der Waals surface area contributed by atoms with Crippen LogP contribution >= 0.6 is 0 Å². The number of hydrogen-bond donors (Lipinski definition) is 0. The van der Waals surface area contributed by atoms with Crippen LogP contribution in [0.3, 0.4) is 0 Å². The van der Waals surface area contributed by atoms with Gasteiger partial charge in [0, 0.05) is 12.0 Å². The van der Waals surface area contributed by atoms with E-state index in [-0.39, 0.29) is 0 Å². The Morgan fingerprint density at radius 3 is 2.20 bits per heavy atom. The third-order valence-electron chi connectivity index (χ3n) is 3.19. The van der Waals surface area contributed by atoms with Gasteiger partial charge in [0.05, 0.1) is 0 Å². The average molecular weight is 264 g/mol. The molecule has 0 saturated carbocycles. The molecule has 0 atom stereocenters. The number of aromatic nitrogens is 2. The van der Waals surface area contributed by atoms with Crippen LogP contribution in [0.5, 0.6) is 0 Å². The predicted molar refractivity (Wildman–Crippen MR) is 78.2 cm³/mol. The molecule has 3 nitrogen and oxygen atoms in total. The molecule has 0 unspecified atom stereocenters. The quantitative estimate of drug-likeness (QED) is 0.701. The summed E-state index contributed by atoms with van der Waals surface area (Å²) in [4.78, 5) is 0. The summed E-state index contributed by atoms with van der Waals surface area (Å²) < 4.78 is 5.69. The van der Waals surface area contributed by atoms with Gasteiger partial charge in [0.2, 0.25) is 11.8 Å². The first-order chi connectivity index (χ1) is 9.92. The molecule has 0 spiro atoms. The van der Waals surface area contributed by atoms with E-state index in [0.717, 1.165) is 24.8 Å². The zero-order valence-corrected chi connectivity index (χ0v) is 11.2. The second kappa shape index (κ2) is 6.15. The highest BCUT2D eigenvalue weighted by Gasteiger charge is 2.07. The van der Waals surface area contributed by atoms with Crippen LogP contribution in [0.15, 0.2) is 65.1 Å². The lowest BCUT2D eigenvalue weighted by atomic mass is 10.1. The highest BCUT2D eigenvalue weighted by molar-refractivity contribution is 5.51. The lowest BCUT2D eigenvalue weighted by Gasteiger charge is -1.98. The average Bonchev–Trinajstić information content (AvgIpc) is 2.98. The Bertz CT molecular complexity index is 647. The zero-order chi connectivity index (χ0) is 13.6. The number of rotatable bonds is 5. The van der Waals surface area contributed by atoms with Gasteiger partial charge in [-0.05, 0) is 30.5 Å². The fourth-order valence-corrected chi connectivity index (χ4v) is 2.14. The van der Waals surface area contributed by atoms with Crippen molar-refractivity contribution in [3.05, 3.63) is 72.1 Å². The molecule has 0 N–H and O–H groups in total. The van der Waals surface area contributed by atoms with Gasteiger partial charge in [-0.25, -0.2) is 0 Å². The third-order valence-corrected chi connectivity index (χ3v) is 3.19. The SMILES string of the molecule is c1ccc(CCCc2nnc(-c3ccccc3)o2)cc1. The second-order valence-corrected chi connectivity index (χ2v) is 4.71. The van der Waals surface area contributed by atoms with E-state index >= 15 is 0 Å². The normalized spacial score (nSPS) is 10.6. The van der Waals surface area contributed by atoms with E-state index in [2.05, 4.69) is 34.5 Å². The van der Waals surface area contributed by atoms with E-state index in [1.807, 2.05) is 36.4 Å². The first kappa shape index (κ1) is 12.6. The van der Waals surface area contributed by atoms with Gasteiger partial charge in [-0.1, -0.05) is 48.5 Å².